The van der Waals surface area contributed by atoms with Gasteiger partial charge in [-0.05, 0) is 60.7 Å². The first-order valence-electron chi connectivity index (χ1n) is 9.53. The Hall–Kier alpha value is -3.37. The van der Waals surface area contributed by atoms with E-state index in [4.69, 9.17) is 16.0 Å². The van der Waals surface area contributed by atoms with Gasteiger partial charge in [0.1, 0.15) is 29.3 Å². The van der Waals surface area contributed by atoms with Crippen molar-refractivity contribution in [1.29, 1.82) is 0 Å². The highest BCUT2D eigenvalue weighted by Crippen LogP contribution is 2.44. The lowest BCUT2D eigenvalue weighted by molar-refractivity contribution is -0.288. The molecule has 1 aliphatic heterocycles. The molecule has 2 amide bonds. The molecule has 1 aliphatic rings. The molecule has 0 bridgehead atoms. The first-order valence-corrected chi connectivity index (χ1v) is 9.90. The highest BCUT2D eigenvalue weighted by Gasteiger charge is 2.66. The molecule has 33 heavy (non-hydrogen) atoms. The molecule has 0 spiro atoms. The van der Waals surface area contributed by atoms with Gasteiger partial charge in [-0.2, -0.15) is 13.2 Å². The van der Waals surface area contributed by atoms with Crippen LogP contribution in [0.5, 0.6) is 0 Å². The number of carbonyl (C=O) groups excluding carboxylic acids is 2. The molecule has 3 atom stereocenters. The van der Waals surface area contributed by atoms with Crippen LogP contribution in [-0.4, -0.2) is 28.8 Å². The van der Waals surface area contributed by atoms with Gasteiger partial charge in [0.15, 0.2) is 5.78 Å². The van der Waals surface area contributed by atoms with Gasteiger partial charge in [0, 0.05) is 16.1 Å². The number of halogens is 5. The fourth-order valence-corrected chi connectivity index (χ4v) is 3.79. The average molecular weight is 483 g/mol. The predicted molar refractivity (Wildman–Crippen MR) is 109 cm³/mol. The van der Waals surface area contributed by atoms with Crippen LogP contribution in [0.4, 0.5) is 22.4 Å². The third kappa shape index (κ3) is 4.19. The quantitative estimate of drug-likeness (QED) is 0.366. The van der Waals surface area contributed by atoms with Gasteiger partial charge in [-0.1, -0.05) is 11.6 Å². The first-order chi connectivity index (χ1) is 15.5. The molecule has 0 unspecified atom stereocenters. The van der Waals surface area contributed by atoms with Gasteiger partial charge in [0.05, 0.1) is 0 Å². The van der Waals surface area contributed by atoms with E-state index in [1.54, 1.807) is 24.3 Å². The van der Waals surface area contributed by atoms with Gasteiger partial charge < -0.3 is 20.2 Å². The number of hydrogen-bond acceptors (Lipinski definition) is 4. The number of benzene rings is 2. The van der Waals surface area contributed by atoms with Crippen molar-refractivity contribution in [1.82, 2.24) is 10.6 Å². The monoisotopic (exact) mass is 482 g/mol. The summed E-state index contributed by atoms with van der Waals surface area (Å²) in [5.74, 6) is -4.14. The zero-order valence-electron chi connectivity index (χ0n) is 16.5. The molecule has 2 heterocycles. The number of hydrogen-bond donors (Lipinski definition) is 3. The molecular formula is C22H15ClF4N2O4. The molecular weight excluding hydrogens is 468 g/mol. The summed E-state index contributed by atoms with van der Waals surface area (Å²) in [5, 5.41) is 14.7. The van der Waals surface area contributed by atoms with Crippen LogP contribution in [0.25, 0.3) is 11.3 Å². The number of ketones is 1. The minimum absolute atomic E-state index is 0.196. The Bertz CT molecular complexity index is 1190. The van der Waals surface area contributed by atoms with E-state index < -0.39 is 41.5 Å². The number of Topliss-reactive ketones (excluding diaryl/α,β-unsaturated/α-hetero) is 1. The van der Waals surface area contributed by atoms with E-state index in [9.17, 15) is 32.3 Å². The predicted octanol–water partition coefficient (Wildman–Crippen LogP) is 4.84. The zero-order chi connectivity index (χ0) is 24.0. The summed E-state index contributed by atoms with van der Waals surface area (Å²) in [4.78, 5) is 25.2. The highest BCUT2D eigenvalue weighted by molar-refractivity contribution is 6.30. The topological polar surface area (TPSA) is 91.6 Å². The van der Waals surface area contributed by atoms with Gasteiger partial charge in [-0.3, -0.25) is 4.79 Å². The van der Waals surface area contributed by atoms with Gasteiger partial charge in [-0.15, -0.1) is 0 Å². The fourth-order valence-electron chi connectivity index (χ4n) is 3.66. The van der Waals surface area contributed by atoms with Crippen LogP contribution in [0, 0.1) is 11.7 Å². The molecule has 3 N–H and O–H groups in total. The maximum absolute atomic E-state index is 13.9. The summed E-state index contributed by atoms with van der Waals surface area (Å²) in [6.45, 7) is 0. The van der Waals surface area contributed by atoms with Gasteiger partial charge in [0.25, 0.3) is 0 Å². The normalized spacial score (nSPS) is 23.0. The van der Waals surface area contributed by atoms with Crippen molar-refractivity contribution >= 4 is 23.4 Å². The molecule has 11 heteroatoms. The molecule has 1 aromatic heterocycles. The molecule has 1 fully saturated rings. The zero-order valence-corrected chi connectivity index (χ0v) is 17.2. The molecule has 1 saturated heterocycles. The van der Waals surface area contributed by atoms with Crippen LogP contribution in [-0.2, 0) is 0 Å². The van der Waals surface area contributed by atoms with Crippen LogP contribution >= 0.6 is 11.6 Å². The van der Waals surface area contributed by atoms with E-state index in [0.29, 0.717) is 10.6 Å². The molecule has 0 saturated carbocycles. The lowest BCUT2D eigenvalue weighted by atomic mass is 9.79. The Labute approximate surface area is 189 Å². The van der Waals surface area contributed by atoms with Gasteiger partial charge in [-0.25, -0.2) is 9.18 Å². The fraction of sp³-hybridized carbons (Fsp3) is 0.182. The molecule has 3 aromatic rings. The second-order valence-electron chi connectivity index (χ2n) is 7.40. The Balaban J connectivity index is 1.80. The van der Waals surface area contributed by atoms with Crippen molar-refractivity contribution < 1.29 is 36.7 Å². The van der Waals surface area contributed by atoms with Crippen LogP contribution in [0.15, 0.2) is 65.1 Å². The van der Waals surface area contributed by atoms with E-state index in [0.717, 1.165) is 24.3 Å². The Kier molecular flexibility index (Phi) is 5.67. The van der Waals surface area contributed by atoms with Crippen molar-refractivity contribution in [3.05, 3.63) is 82.8 Å². The number of urea groups is 1. The van der Waals surface area contributed by atoms with E-state index in [-0.39, 0.29) is 17.1 Å². The van der Waals surface area contributed by atoms with Crippen molar-refractivity contribution in [2.24, 2.45) is 5.92 Å². The molecule has 0 aliphatic carbocycles. The third-order valence-electron chi connectivity index (χ3n) is 5.28. The number of alkyl halides is 3. The van der Waals surface area contributed by atoms with E-state index in [1.165, 1.54) is 17.4 Å². The third-order valence-corrected chi connectivity index (χ3v) is 5.53. The molecule has 172 valence electrons. The summed E-state index contributed by atoms with van der Waals surface area (Å²) in [5.41, 5.74) is -3.67. The van der Waals surface area contributed by atoms with Gasteiger partial charge in [0.2, 0.25) is 5.72 Å². The largest absolute Gasteiger partial charge is 0.459 e. The SMILES string of the molecule is O=C1N[C@@H](c2ccc(-c3ccc(Cl)cc3)o2)[C@@H](C(=O)c2ccc(F)cc2)[C@](O)(C(F)(F)F)N1. The Morgan fingerprint density at radius 3 is 2.27 bits per heavy atom. The van der Waals surface area contributed by atoms with Crippen molar-refractivity contribution in [3.8, 4) is 11.3 Å². The second-order valence-corrected chi connectivity index (χ2v) is 7.83. The number of carbonyl (C=O) groups is 2. The summed E-state index contributed by atoms with van der Waals surface area (Å²) in [6.07, 6.45) is -5.42. The number of nitrogens with one attached hydrogen (secondary N) is 2. The minimum Gasteiger partial charge on any atom is -0.459 e. The smallest absolute Gasteiger partial charge is 0.437 e. The van der Waals surface area contributed by atoms with E-state index >= 15 is 0 Å². The average Bonchev–Trinajstić information content (AvgIpc) is 3.23. The lowest BCUT2D eigenvalue weighted by Gasteiger charge is -2.44. The molecule has 4 rings (SSSR count). The summed E-state index contributed by atoms with van der Waals surface area (Å²) in [6, 6.07) is 9.84. The van der Waals surface area contributed by atoms with E-state index in [1.807, 2.05) is 0 Å². The highest BCUT2D eigenvalue weighted by atomic mass is 35.5. The van der Waals surface area contributed by atoms with Crippen molar-refractivity contribution in [3.63, 3.8) is 0 Å². The molecule has 0 radical (unpaired) electrons. The summed E-state index contributed by atoms with van der Waals surface area (Å²) in [7, 11) is 0. The first kappa shape index (κ1) is 22.8. The maximum atomic E-state index is 13.9. The van der Waals surface area contributed by atoms with Crippen molar-refractivity contribution in [2.45, 2.75) is 17.9 Å². The summed E-state index contributed by atoms with van der Waals surface area (Å²) >= 11 is 5.86. The Morgan fingerprint density at radius 1 is 1.03 bits per heavy atom. The molecule has 2 aromatic carbocycles. The summed E-state index contributed by atoms with van der Waals surface area (Å²) < 4.78 is 60.8. The number of furan rings is 1. The minimum atomic E-state index is -5.42. The lowest BCUT2D eigenvalue weighted by Crippen LogP contribution is -2.72. The standard InChI is InChI=1S/C22H15ClF4N2O4/c23-13-5-1-11(2-6-13)15-9-10-16(33-15)18-17(19(30)12-3-7-14(24)8-4-12)21(32,22(25,26)27)29-20(31)28-18/h1-10,17-18,32H,(H2,28,29,31)/t17-,18-,21-/m0/s1. The van der Waals surface area contributed by atoms with E-state index in [2.05, 4.69) is 5.32 Å². The number of aliphatic hydroxyl groups is 1. The Morgan fingerprint density at radius 2 is 1.67 bits per heavy atom. The maximum Gasteiger partial charge on any atom is 0.437 e. The van der Waals surface area contributed by atoms with Crippen LogP contribution < -0.4 is 10.6 Å². The number of amides is 2. The number of rotatable bonds is 4. The van der Waals surface area contributed by atoms with Crippen LogP contribution in [0.1, 0.15) is 22.2 Å². The van der Waals surface area contributed by atoms with Crippen LogP contribution in [0.3, 0.4) is 0 Å². The van der Waals surface area contributed by atoms with Gasteiger partial charge >= 0.3 is 12.2 Å². The van der Waals surface area contributed by atoms with Crippen molar-refractivity contribution in [2.75, 3.05) is 0 Å². The van der Waals surface area contributed by atoms with Crippen LogP contribution in [0.2, 0.25) is 5.02 Å². The molecule has 6 nitrogen and oxygen atoms in total. The second kappa shape index (κ2) is 8.20.